The number of ether oxygens (including phenoxy) is 1. The Labute approximate surface area is 154 Å². The maximum Gasteiger partial charge on any atom is 0.248 e. The van der Waals surface area contributed by atoms with Crippen molar-refractivity contribution in [3.8, 4) is 0 Å². The highest BCUT2D eigenvalue weighted by molar-refractivity contribution is 5.93. The van der Waals surface area contributed by atoms with Crippen molar-refractivity contribution in [3.63, 3.8) is 0 Å². The Morgan fingerprint density at radius 1 is 1.19 bits per heavy atom. The minimum atomic E-state index is -0.405. The first-order valence-electron chi connectivity index (χ1n) is 9.46. The van der Waals surface area contributed by atoms with Gasteiger partial charge in [0, 0.05) is 38.0 Å². The van der Waals surface area contributed by atoms with Gasteiger partial charge in [0.1, 0.15) is 0 Å². The van der Waals surface area contributed by atoms with Crippen LogP contribution >= 0.6 is 0 Å². The van der Waals surface area contributed by atoms with E-state index in [0.717, 1.165) is 62.1 Å². The molecule has 1 aromatic rings. The van der Waals surface area contributed by atoms with E-state index in [2.05, 4.69) is 15.2 Å². The molecule has 4 rings (SSSR count). The molecule has 0 unspecified atom stereocenters. The van der Waals surface area contributed by atoms with Gasteiger partial charge in [-0.15, -0.1) is 0 Å². The molecule has 3 aliphatic rings. The summed E-state index contributed by atoms with van der Waals surface area (Å²) in [6.07, 6.45) is 7.16. The summed E-state index contributed by atoms with van der Waals surface area (Å²) in [6.45, 7) is 3.65. The van der Waals surface area contributed by atoms with Crippen LogP contribution in [0.4, 0.5) is 0 Å². The molecule has 0 aromatic heterocycles. The highest BCUT2D eigenvalue weighted by Crippen LogP contribution is 2.30. The van der Waals surface area contributed by atoms with Crippen LogP contribution in [0.3, 0.4) is 0 Å². The Balaban J connectivity index is 1.32. The number of hydrogen-bond acceptors (Lipinski definition) is 5. The molecule has 2 aliphatic heterocycles. The maximum absolute atomic E-state index is 11.2. The summed E-state index contributed by atoms with van der Waals surface area (Å²) in [5, 5.41) is 3.43. The highest BCUT2D eigenvalue weighted by atomic mass is 16.5. The highest BCUT2D eigenvalue weighted by Gasteiger charge is 2.26. The number of piperidine rings is 1. The lowest BCUT2D eigenvalue weighted by Gasteiger charge is -2.35. The Morgan fingerprint density at radius 2 is 1.92 bits per heavy atom. The molecule has 6 heteroatoms. The number of likely N-dealkylation sites (tertiary alicyclic amines) is 1. The van der Waals surface area contributed by atoms with Crippen LogP contribution in [0.25, 0.3) is 5.57 Å². The fraction of sp³-hybridized carbons (Fsp3) is 0.500. The van der Waals surface area contributed by atoms with Crippen LogP contribution in [0.1, 0.15) is 41.6 Å². The minimum Gasteiger partial charge on any atom is -0.378 e. The average molecular weight is 354 g/mol. The third kappa shape index (κ3) is 4.07. The maximum atomic E-state index is 11.2. The van der Waals surface area contributed by atoms with Gasteiger partial charge in [-0.3, -0.25) is 4.79 Å². The van der Waals surface area contributed by atoms with Crippen molar-refractivity contribution in [1.82, 2.24) is 10.2 Å². The zero-order valence-electron chi connectivity index (χ0n) is 15.0. The van der Waals surface area contributed by atoms with Crippen LogP contribution in [-0.4, -0.2) is 49.1 Å². The molecular weight excluding hydrogens is 328 g/mol. The second kappa shape index (κ2) is 7.50. The molecule has 1 aromatic carbocycles. The number of primary amides is 1. The van der Waals surface area contributed by atoms with Crippen LogP contribution in [0.15, 0.2) is 35.5 Å². The van der Waals surface area contributed by atoms with Crippen molar-refractivity contribution >= 4 is 17.4 Å². The van der Waals surface area contributed by atoms with E-state index in [1.807, 2.05) is 18.3 Å². The van der Waals surface area contributed by atoms with E-state index in [1.54, 1.807) is 12.1 Å². The molecule has 2 fully saturated rings. The fourth-order valence-electron chi connectivity index (χ4n) is 3.41. The fourth-order valence-corrected chi connectivity index (χ4v) is 3.41. The van der Waals surface area contributed by atoms with Gasteiger partial charge in [0.2, 0.25) is 5.91 Å². The van der Waals surface area contributed by atoms with E-state index in [9.17, 15) is 4.79 Å². The number of rotatable bonds is 5. The predicted molar refractivity (Wildman–Crippen MR) is 102 cm³/mol. The molecule has 2 heterocycles. The minimum absolute atomic E-state index is 0.405. The number of nitrogens with one attached hydrogen (secondary N) is 1. The SMILES string of the molecule is NC(=O)c1ccc(C2=CN=C(N3CCC(OCC4CC4)CC3)NC2)cc1. The van der Waals surface area contributed by atoms with Crippen LogP contribution in [0.2, 0.25) is 0 Å². The van der Waals surface area contributed by atoms with E-state index < -0.39 is 5.91 Å². The van der Waals surface area contributed by atoms with Gasteiger partial charge < -0.3 is 20.7 Å². The molecule has 0 atom stereocenters. The van der Waals surface area contributed by atoms with E-state index in [-0.39, 0.29) is 0 Å². The Kier molecular flexibility index (Phi) is 4.93. The van der Waals surface area contributed by atoms with E-state index in [0.29, 0.717) is 11.7 Å². The van der Waals surface area contributed by atoms with Gasteiger partial charge in [0.15, 0.2) is 5.96 Å². The number of benzene rings is 1. The van der Waals surface area contributed by atoms with Crippen molar-refractivity contribution in [1.29, 1.82) is 0 Å². The number of amides is 1. The summed E-state index contributed by atoms with van der Waals surface area (Å²) in [7, 11) is 0. The van der Waals surface area contributed by atoms with E-state index >= 15 is 0 Å². The lowest BCUT2D eigenvalue weighted by Crippen LogP contribution is -2.48. The second-order valence-corrected chi connectivity index (χ2v) is 7.37. The third-order valence-electron chi connectivity index (χ3n) is 5.33. The Morgan fingerprint density at radius 3 is 2.50 bits per heavy atom. The third-order valence-corrected chi connectivity index (χ3v) is 5.33. The van der Waals surface area contributed by atoms with Gasteiger partial charge in [0.05, 0.1) is 6.10 Å². The smallest absolute Gasteiger partial charge is 0.248 e. The molecule has 3 N–H and O–H groups in total. The molecule has 0 radical (unpaired) electrons. The summed E-state index contributed by atoms with van der Waals surface area (Å²) in [5.74, 6) is 1.37. The molecule has 1 amide bonds. The van der Waals surface area contributed by atoms with Crippen molar-refractivity contribution < 1.29 is 9.53 Å². The summed E-state index contributed by atoms with van der Waals surface area (Å²) in [5.41, 5.74) is 7.97. The number of carbonyl (C=O) groups is 1. The zero-order chi connectivity index (χ0) is 17.9. The van der Waals surface area contributed by atoms with Crippen LogP contribution in [0.5, 0.6) is 0 Å². The van der Waals surface area contributed by atoms with Gasteiger partial charge in [-0.25, -0.2) is 4.99 Å². The van der Waals surface area contributed by atoms with E-state index in [1.165, 1.54) is 12.8 Å². The molecule has 0 bridgehead atoms. The van der Waals surface area contributed by atoms with Gasteiger partial charge in [-0.05, 0) is 54.9 Å². The summed E-state index contributed by atoms with van der Waals surface area (Å²) < 4.78 is 6.01. The van der Waals surface area contributed by atoms with Gasteiger partial charge in [0.25, 0.3) is 0 Å². The Hall–Kier alpha value is -2.34. The van der Waals surface area contributed by atoms with Gasteiger partial charge in [-0.1, -0.05) is 12.1 Å². The predicted octanol–water partition coefficient (Wildman–Crippen LogP) is 1.98. The summed E-state index contributed by atoms with van der Waals surface area (Å²) in [4.78, 5) is 18.1. The largest absolute Gasteiger partial charge is 0.378 e. The number of aliphatic imine (C=N–C) groups is 1. The number of hydrogen-bond donors (Lipinski definition) is 2. The average Bonchev–Trinajstić information content (AvgIpc) is 3.52. The van der Waals surface area contributed by atoms with E-state index in [4.69, 9.17) is 10.5 Å². The Bertz CT molecular complexity index is 714. The second-order valence-electron chi connectivity index (χ2n) is 7.37. The monoisotopic (exact) mass is 354 g/mol. The van der Waals surface area contributed by atoms with Crippen LogP contribution in [0, 0.1) is 5.92 Å². The molecular formula is C20H26N4O2. The number of nitrogens with two attached hydrogens (primary N) is 1. The van der Waals surface area contributed by atoms with Crippen molar-refractivity contribution in [2.24, 2.45) is 16.6 Å². The lowest BCUT2D eigenvalue weighted by atomic mass is 10.0. The van der Waals surface area contributed by atoms with Crippen molar-refractivity contribution in [2.45, 2.75) is 31.8 Å². The molecule has 1 aliphatic carbocycles. The lowest BCUT2D eigenvalue weighted by molar-refractivity contribution is 0.0131. The van der Waals surface area contributed by atoms with Gasteiger partial charge >= 0.3 is 0 Å². The number of carbonyl (C=O) groups excluding carboxylic acids is 1. The number of nitrogens with zero attached hydrogens (tertiary/aromatic N) is 2. The first-order chi connectivity index (χ1) is 12.7. The first kappa shape index (κ1) is 17.1. The molecule has 0 spiro atoms. The van der Waals surface area contributed by atoms with Crippen molar-refractivity contribution in [3.05, 3.63) is 41.6 Å². The zero-order valence-corrected chi connectivity index (χ0v) is 15.0. The summed E-state index contributed by atoms with van der Waals surface area (Å²) >= 11 is 0. The standard InChI is InChI=1S/C20H26N4O2/c21-19(25)16-5-3-15(4-6-16)17-11-22-20(23-12-17)24-9-7-18(8-10-24)26-13-14-1-2-14/h3-6,11,14,18H,1-2,7-10,12-13H2,(H2,21,25)(H,22,23). The topological polar surface area (TPSA) is 80.0 Å². The number of guanidine groups is 1. The normalized spacial score (nSPS) is 21.0. The molecule has 6 nitrogen and oxygen atoms in total. The molecule has 138 valence electrons. The quantitative estimate of drug-likeness (QED) is 0.847. The van der Waals surface area contributed by atoms with Crippen LogP contribution in [-0.2, 0) is 4.74 Å². The first-order valence-corrected chi connectivity index (χ1v) is 9.46. The van der Waals surface area contributed by atoms with Gasteiger partial charge in [-0.2, -0.15) is 0 Å². The molecule has 1 saturated heterocycles. The van der Waals surface area contributed by atoms with Crippen molar-refractivity contribution in [2.75, 3.05) is 26.2 Å². The molecule has 1 saturated carbocycles. The molecule has 26 heavy (non-hydrogen) atoms. The van der Waals surface area contributed by atoms with Crippen LogP contribution < -0.4 is 11.1 Å². The summed E-state index contributed by atoms with van der Waals surface area (Å²) in [6, 6.07) is 7.34.